The van der Waals surface area contributed by atoms with Crippen molar-refractivity contribution < 1.29 is 9.90 Å². The molecule has 190 valence electrons. The number of aliphatic hydroxyl groups is 1. The highest BCUT2D eigenvalue weighted by Crippen LogP contribution is 2.40. The van der Waals surface area contributed by atoms with E-state index in [1.54, 1.807) is 0 Å². The lowest BCUT2D eigenvalue weighted by Crippen LogP contribution is -2.19. The second-order valence-corrected chi connectivity index (χ2v) is 10.4. The molecule has 0 spiro atoms. The van der Waals surface area contributed by atoms with Crippen LogP contribution in [0.3, 0.4) is 0 Å². The van der Waals surface area contributed by atoms with Crippen LogP contribution in [0.25, 0.3) is 0 Å². The van der Waals surface area contributed by atoms with Crippen LogP contribution >= 0.6 is 0 Å². The molecule has 1 aliphatic carbocycles. The average molecular weight is 475 g/mol. The molecule has 0 aliphatic heterocycles. The molecule has 0 unspecified atom stereocenters. The molecule has 0 heterocycles. The summed E-state index contributed by atoms with van der Waals surface area (Å²) in [6.45, 7) is 16.6. The number of Topliss-reactive ketones (excluding diaryl/α,β-unsaturated/α-hetero) is 1. The van der Waals surface area contributed by atoms with Crippen molar-refractivity contribution in [2.24, 2.45) is 5.41 Å². The van der Waals surface area contributed by atoms with E-state index in [1.807, 2.05) is 50.3 Å². The fraction of sp³-hybridized carbons (Fsp3) is 0.424. The van der Waals surface area contributed by atoms with E-state index < -0.39 is 6.10 Å². The molecule has 0 saturated carbocycles. The molecule has 0 saturated heterocycles. The molecule has 2 nitrogen and oxygen atoms in total. The molecule has 0 radical (unpaired) electrons. The number of carbonyl (C=O) groups is 1. The zero-order valence-electron chi connectivity index (χ0n) is 23.2. The Bertz CT molecular complexity index is 998. The second kappa shape index (κ2) is 15.3. The van der Waals surface area contributed by atoms with E-state index in [1.165, 1.54) is 48.5 Å². The molecule has 0 bridgehead atoms. The Morgan fingerprint density at radius 2 is 1.37 bits per heavy atom. The molecule has 35 heavy (non-hydrogen) atoms. The Labute approximate surface area is 214 Å². The van der Waals surface area contributed by atoms with Gasteiger partial charge in [0.15, 0.2) is 0 Å². The molecule has 1 aliphatic rings. The highest BCUT2D eigenvalue weighted by atomic mass is 16.3. The van der Waals surface area contributed by atoms with E-state index in [0.717, 1.165) is 11.1 Å². The number of ketones is 1. The van der Waals surface area contributed by atoms with Crippen LogP contribution in [0.15, 0.2) is 106 Å². The van der Waals surface area contributed by atoms with Crippen LogP contribution < -0.4 is 0 Å². The summed E-state index contributed by atoms with van der Waals surface area (Å²) in [4.78, 5) is 11.1. The van der Waals surface area contributed by atoms with Gasteiger partial charge in [-0.3, -0.25) is 4.79 Å². The Morgan fingerprint density at radius 3 is 1.91 bits per heavy atom. The maximum Gasteiger partial charge on any atom is 0.132 e. The fourth-order valence-corrected chi connectivity index (χ4v) is 4.05. The Balaban J connectivity index is 2.63. The normalized spacial score (nSPS) is 19.7. The van der Waals surface area contributed by atoms with Gasteiger partial charge in [-0.25, -0.2) is 0 Å². The predicted octanol–water partition coefficient (Wildman–Crippen LogP) is 8.86. The lowest BCUT2D eigenvalue weighted by atomic mass is 9.72. The van der Waals surface area contributed by atoms with Crippen LogP contribution in [0, 0.1) is 5.41 Å². The predicted molar refractivity (Wildman–Crippen MR) is 153 cm³/mol. The summed E-state index contributed by atoms with van der Waals surface area (Å²) in [5.41, 5.74) is 7.62. The van der Waals surface area contributed by atoms with Crippen LogP contribution in [0.5, 0.6) is 0 Å². The first-order chi connectivity index (χ1) is 16.4. The zero-order valence-corrected chi connectivity index (χ0v) is 23.2. The summed E-state index contributed by atoms with van der Waals surface area (Å²) in [6.07, 6.45) is 28.1. The van der Waals surface area contributed by atoms with Crippen LogP contribution in [-0.2, 0) is 4.79 Å². The number of rotatable bonds is 11. The van der Waals surface area contributed by atoms with Crippen molar-refractivity contribution in [1.29, 1.82) is 0 Å². The molecule has 0 aromatic carbocycles. The van der Waals surface area contributed by atoms with E-state index in [2.05, 4.69) is 71.1 Å². The Hall–Kier alpha value is -2.71. The van der Waals surface area contributed by atoms with Gasteiger partial charge in [-0.15, -0.1) is 0 Å². The average Bonchev–Trinajstić information content (AvgIpc) is 2.75. The first kappa shape index (κ1) is 30.3. The number of hydrogen-bond acceptors (Lipinski definition) is 2. The van der Waals surface area contributed by atoms with Crippen molar-refractivity contribution in [3.63, 3.8) is 0 Å². The van der Waals surface area contributed by atoms with Gasteiger partial charge in [0.25, 0.3) is 0 Å². The van der Waals surface area contributed by atoms with Crippen LogP contribution in [0.2, 0.25) is 0 Å². The molecule has 0 fully saturated rings. The van der Waals surface area contributed by atoms with Gasteiger partial charge in [-0.2, -0.15) is 0 Å². The summed E-state index contributed by atoms with van der Waals surface area (Å²) >= 11 is 0. The molecule has 2 heteroatoms. The van der Waals surface area contributed by atoms with Crippen molar-refractivity contribution in [3.05, 3.63) is 106 Å². The van der Waals surface area contributed by atoms with Crippen LogP contribution in [0.4, 0.5) is 0 Å². The first-order valence-electron chi connectivity index (χ1n) is 12.7. The monoisotopic (exact) mass is 474 g/mol. The lowest BCUT2D eigenvalue weighted by Gasteiger charge is -2.32. The van der Waals surface area contributed by atoms with Gasteiger partial charge in [-0.05, 0) is 77.4 Å². The van der Waals surface area contributed by atoms with Gasteiger partial charge in [0, 0.05) is 6.42 Å². The molecule has 0 aromatic rings. The highest BCUT2D eigenvalue weighted by Gasteiger charge is 2.26. The third-order valence-electron chi connectivity index (χ3n) is 6.33. The largest absolute Gasteiger partial charge is 0.388 e. The highest BCUT2D eigenvalue weighted by molar-refractivity contribution is 5.76. The Morgan fingerprint density at radius 1 is 0.857 bits per heavy atom. The van der Waals surface area contributed by atoms with Crippen LogP contribution in [-0.4, -0.2) is 17.0 Å². The summed E-state index contributed by atoms with van der Waals surface area (Å²) in [5, 5.41) is 9.91. The van der Waals surface area contributed by atoms with E-state index in [4.69, 9.17) is 0 Å². The lowest BCUT2D eigenvalue weighted by molar-refractivity contribution is -0.118. The number of hydrogen-bond donors (Lipinski definition) is 1. The number of carbonyl (C=O) groups excluding carboxylic acids is 1. The zero-order chi connectivity index (χ0) is 26.4. The van der Waals surface area contributed by atoms with E-state index in [0.29, 0.717) is 0 Å². The van der Waals surface area contributed by atoms with Gasteiger partial charge >= 0.3 is 0 Å². The molecular weight excluding hydrogens is 428 g/mol. The summed E-state index contributed by atoms with van der Waals surface area (Å²) in [5.74, 6) is -0.0108. The molecule has 0 aromatic heterocycles. The van der Waals surface area contributed by atoms with Crippen molar-refractivity contribution in [3.8, 4) is 0 Å². The quantitative estimate of drug-likeness (QED) is 0.304. The standard InChI is InChI=1S/C33H46O2/c1-25(14-9-10-15-26(2)18-12-19-29(5)32(35)24-30(6)34)16-11-17-27(3)21-22-31-28(4)20-13-23-33(31,7)8/h9-12,14-19,21-22,32,35H,13,20,23-24H2,1-8H3/b10-9+,16-11+,18-12+,22-21+,25-14+,26-15+,27-17+,29-19+/t32-/m1/s1. The van der Waals surface area contributed by atoms with E-state index in [9.17, 15) is 9.90 Å². The van der Waals surface area contributed by atoms with E-state index in [-0.39, 0.29) is 17.6 Å². The first-order valence-corrected chi connectivity index (χ1v) is 12.7. The van der Waals surface area contributed by atoms with Crippen molar-refractivity contribution in [2.45, 2.75) is 87.2 Å². The van der Waals surface area contributed by atoms with E-state index >= 15 is 0 Å². The minimum absolute atomic E-state index is 0.0108. The van der Waals surface area contributed by atoms with Crippen molar-refractivity contribution in [1.82, 2.24) is 0 Å². The molecular formula is C33H46O2. The smallest absolute Gasteiger partial charge is 0.132 e. The van der Waals surface area contributed by atoms with Gasteiger partial charge in [0.1, 0.15) is 5.78 Å². The van der Waals surface area contributed by atoms with Gasteiger partial charge in [0.2, 0.25) is 0 Å². The second-order valence-electron chi connectivity index (χ2n) is 10.4. The van der Waals surface area contributed by atoms with Gasteiger partial charge < -0.3 is 5.11 Å². The maximum absolute atomic E-state index is 11.1. The van der Waals surface area contributed by atoms with Gasteiger partial charge in [-0.1, -0.05) is 109 Å². The summed E-state index contributed by atoms with van der Waals surface area (Å²) < 4.78 is 0. The minimum atomic E-state index is -0.706. The fourth-order valence-electron chi connectivity index (χ4n) is 4.05. The molecule has 1 N–H and O–H groups in total. The Kier molecular flexibility index (Phi) is 13.3. The molecule has 1 atom stereocenters. The summed E-state index contributed by atoms with van der Waals surface area (Å²) in [7, 11) is 0. The maximum atomic E-state index is 11.1. The third-order valence-corrected chi connectivity index (χ3v) is 6.33. The molecule has 1 rings (SSSR count). The van der Waals surface area contributed by atoms with Crippen molar-refractivity contribution >= 4 is 5.78 Å². The van der Waals surface area contributed by atoms with Crippen LogP contribution in [0.1, 0.15) is 81.1 Å². The minimum Gasteiger partial charge on any atom is -0.388 e. The third kappa shape index (κ3) is 12.5. The molecule has 0 amide bonds. The number of allylic oxidation sites excluding steroid dienone is 17. The van der Waals surface area contributed by atoms with Crippen molar-refractivity contribution in [2.75, 3.05) is 0 Å². The number of aliphatic hydroxyl groups excluding tert-OH is 1. The summed E-state index contributed by atoms with van der Waals surface area (Å²) in [6, 6.07) is 0. The topological polar surface area (TPSA) is 37.3 Å². The van der Waals surface area contributed by atoms with Gasteiger partial charge in [0.05, 0.1) is 6.10 Å². The SMILES string of the molecule is CC(=O)C[C@@H](O)/C(C)=C/C=C/C(C)=C/C=C/C=C(C)/C=C/C=C(C)/C=C/C1=C(C)CCCC1(C)C.